The molecule has 190 valence electrons. The van der Waals surface area contributed by atoms with Crippen LogP contribution in [0.15, 0.2) is 53.7 Å². The van der Waals surface area contributed by atoms with Gasteiger partial charge >= 0.3 is 0 Å². The van der Waals surface area contributed by atoms with Gasteiger partial charge in [-0.1, -0.05) is 49.2 Å². The number of nitrogens with two attached hydrogens (primary N) is 1. The zero-order valence-corrected chi connectivity index (χ0v) is 21.8. The van der Waals surface area contributed by atoms with Crippen molar-refractivity contribution in [2.75, 3.05) is 13.2 Å². The predicted octanol–water partition coefficient (Wildman–Crippen LogP) is 5.28. The number of benzene rings is 2. The average Bonchev–Trinajstić information content (AvgIpc) is 3.29. The van der Waals surface area contributed by atoms with Gasteiger partial charge in [0.1, 0.15) is 11.5 Å². The summed E-state index contributed by atoms with van der Waals surface area (Å²) in [6, 6.07) is 13.3. The highest BCUT2D eigenvalue weighted by atomic mass is 35.5. The average molecular weight is 529 g/mol. The molecule has 1 saturated heterocycles. The zero-order chi connectivity index (χ0) is 25.3. The zero-order valence-electron chi connectivity index (χ0n) is 20.3. The number of hydrogen-bond acceptors (Lipinski definition) is 7. The Morgan fingerprint density at radius 3 is 2.56 bits per heavy atom. The van der Waals surface area contributed by atoms with Gasteiger partial charge in [0.25, 0.3) is 0 Å². The molecule has 0 saturated carbocycles. The van der Waals surface area contributed by atoms with E-state index in [4.69, 9.17) is 43.4 Å². The molecule has 0 spiro atoms. The first-order valence-corrected chi connectivity index (χ1v) is 12.9. The highest BCUT2D eigenvalue weighted by Gasteiger charge is 2.37. The van der Waals surface area contributed by atoms with Crippen LogP contribution in [0.2, 0.25) is 10.0 Å². The van der Waals surface area contributed by atoms with Gasteiger partial charge in [-0.25, -0.2) is 4.68 Å². The number of nitrogens with one attached hydrogen (secondary N) is 2. The number of nitrogens with zero attached hydrogens (tertiary/aromatic N) is 3. The smallest absolute Gasteiger partial charge is 0.201 e. The largest absolute Gasteiger partial charge is 0.457 e. The van der Waals surface area contributed by atoms with Crippen molar-refractivity contribution in [3.05, 3.63) is 69.8 Å². The third kappa shape index (κ3) is 5.32. The molecule has 10 heteroatoms. The van der Waals surface area contributed by atoms with Gasteiger partial charge in [-0.05, 0) is 48.6 Å². The van der Waals surface area contributed by atoms with Crippen molar-refractivity contribution >= 4 is 35.0 Å². The van der Waals surface area contributed by atoms with Gasteiger partial charge in [-0.2, -0.15) is 10.1 Å². The third-order valence-electron chi connectivity index (χ3n) is 6.41. The van der Waals surface area contributed by atoms with E-state index in [0.717, 1.165) is 43.0 Å². The molecular weight excluding hydrogens is 499 g/mol. The van der Waals surface area contributed by atoms with E-state index in [2.05, 4.69) is 29.6 Å². The summed E-state index contributed by atoms with van der Waals surface area (Å²) >= 11 is 12.1. The maximum absolute atomic E-state index is 6.99. The molecule has 4 N–H and O–H groups in total. The number of fused-ring (bicyclic) bond motifs is 1. The number of rotatable bonds is 6. The van der Waals surface area contributed by atoms with E-state index in [1.54, 1.807) is 22.9 Å². The van der Waals surface area contributed by atoms with Crippen LogP contribution in [-0.2, 0) is 16.9 Å². The number of halogens is 2. The van der Waals surface area contributed by atoms with Gasteiger partial charge in [-0.3, -0.25) is 5.73 Å². The Labute approximate surface area is 220 Å². The molecule has 3 heterocycles. The Kier molecular flexibility index (Phi) is 7.12. The molecule has 2 aromatic carbocycles. The number of guanidine groups is 1. The van der Waals surface area contributed by atoms with Crippen LogP contribution in [0, 0.1) is 0 Å². The summed E-state index contributed by atoms with van der Waals surface area (Å²) in [5, 5.41) is 12.5. The number of hydrogen-bond donors (Lipinski definition) is 3. The molecule has 1 unspecified atom stereocenters. The lowest BCUT2D eigenvalue weighted by Crippen LogP contribution is -2.64. The fourth-order valence-electron chi connectivity index (χ4n) is 4.44. The lowest BCUT2D eigenvalue weighted by molar-refractivity contribution is 0.0817. The van der Waals surface area contributed by atoms with Gasteiger partial charge < -0.3 is 20.1 Å². The van der Waals surface area contributed by atoms with E-state index in [0.29, 0.717) is 33.9 Å². The summed E-state index contributed by atoms with van der Waals surface area (Å²) in [4.78, 5) is 4.87. The summed E-state index contributed by atoms with van der Waals surface area (Å²) < 4.78 is 13.2. The van der Waals surface area contributed by atoms with Crippen LogP contribution in [0.5, 0.6) is 11.5 Å². The SMILES string of the molecule is CC(C)c1cnn2c1N=C(NC1CCOCC1)NC2(N)Cc1ccc(Oc2ccc(Cl)c(Cl)c2)cc1. The topological polar surface area (TPSA) is 98.7 Å². The molecule has 3 aromatic rings. The Morgan fingerprint density at radius 2 is 1.86 bits per heavy atom. The fourth-order valence-corrected chi connectivity index (χ4v) is 4.73. The van der Waals surface area contributed by atoms with E-state index in [-0.39, 0.29) is 12.0 Å². The van der Waals surface area contributed by atoms with Crippen molar-refractivity contribution in [1.82, 2.24) is 20.4 Å². The first-order chi connectivity index (χ1) is 17.3. The standard InChI is InChI=1S/C26H30Cl2N6O2/c1-16(2)21-15-30-34-24(21)32-25(31-18-9-11-35-12-10-18)33-26(34,29)14-17-3-5-19(6-4-17)36-20-7-8-22(27)23(28)13-20/h3-8,13,15-16,18H,9-12,14,29H2,1-2H3,(H2,31,32,33). The van der Waals surface area contributed by atoms with Crippen LogP contribution < -0.4 is 21.1 Å². The maximum Gasteiger partial charge on any atom is 0.201 e. The van der Waals surface area contributed by atoms with Crippen LogP contribution >= 0.6 is 23.2 Å². The third-order valence-corrected chi connectivity index (χ3v) is 7.15. The minimum Gasteiger partial charge on any atom is -0.457 e. The molecule has 1 fully saturated rings. The fraction of sp³-hybridized carbons (Fsp3) is 0.385. The van der Waals surface area contributed by atoms with Crippen LogP contribution in [0.4, 0.5) is 5.82 Å². The lowest BCUT2D eigenvalue weighted by atomic mass is 10.0. The Hall–Kier alpha value is -2.78. The van der Waals surface area contributed by atoms with E-state index < -0.39 is 5.79 Å². The minimum absolute atomic E-state index is 0.266. The molecular formula is C26H30Cl2N6O2. The van der Waals surface area contributed by atoms with E-state index in [9.17, 15) is 0 Å². The van der Waals surface area contributed by atoms with Crippen LogP contribution in [0.1, 0.15) is 43.7 Å². The number of ether oxygens (including phenoxy) is 2. The second-order valence-electron chi connectivity index (χ2n) is 9.53. The minimum atomic E-state index is -0.996. The summed E-state index contributed by atoms with van der Waals surface area (Å²) in [6.07, 6.45) is 4.20. The highest BCUT2D eigenvalue weighted by Crippen LogP contribution is 2.34. The Morgan fingerprint density at radius 1 is 1.14 bits per heavy atom. The Bertz CT molecular complexity index is 1250. The first-order valence-electron chi connectivity index (χ1n) is 12.1. The second kappa shape index (κ2) is 10.3. The molecule has 0 bridgehead atoms. The molecule has 2 aliphatic rings. The molecule has 0 radical (unpaired) electrons. The van der Waals surface area contributed by atoms with E-state index in [1.807, 2.05) is 30.5 Å². The van der Waals surface area contributed by atoms with Crippen molar-refractivity contribution < 1.29 is 9.47 Å². The summed E-state index contributed by atoms with van der Waals surface area (Å²) in [5.41, 5.74) is 9.07. The second-order valence-corrected chi connectivity index (χ2v) is 10.3. The van der Waals surface area contributed by atoms with Crippen molar-refractivity contribution in [2.45, 2.75) is 50.9 Å². The van der Waals surface area contributed by atoms with Crippen molar-refractivity contribution in [1.29, 1.82) is 0 Å². The van der Waals surface area contributed by atoms with Gasteiger partial charge in [-0.15, -0.1) is 0 Å². The monoisotopic (exact) mass is 528 g/mol. The van der Waals surface area contributed by atoms with Gasteiger partial charge in [0.05, 0.1) is 16.2 Å². The summed E-state index contributed by atoms with van der Waals surface area (Å²) in [6.45, 7) is 5.74. The molecule has 1 atom stereocenters. The molecule has 2 aliphatic heterocycles. The molecule has 36 heavy (non-hydrogen) atoms. The maximum atomic E-state index is 6.99. The number of aromatic nitrogens is 2. The van der Waals surface area contributed by atoms with Crippen molar-refractivity contribution in [2.24, 2.45) is 10.7 Å². The van der Waals surface area contributed by atoms with Crippen molar-refractivity contribution in [3.8, 4) is 11.5 Å². The molecule has 8 nitrogen and oxygen atoms in total. The number of aliphatic imine (C=N–C) groups is 1. The lowest BCUT2D eigenvalue weighted by Gasteiger charge is -2.38. The molecule has 0 aliphatic carbocycles. The van der Waals surface area contributed by atoms with Gasteiger partial charge in [0, 0.05) is 37.3 Å². The summed E-state index contributed by atoms with van der Waals surface area (Å²) in [7, 11) is 0. The van der Waals surface area contributed by atoms with Gasteiger partial charge in [0.15, 0.2) is 11.6 Å². The van der Waals surface area contributed by atoms with Crippen LogP contribution in [0.3, 0.4) is 0 Å². The first kappa shape index (κ1) is 24.9. The predicted molar refractivity (Wildman–Crippen MR) is 142 cm³/mol. The molecule has 0 amide bonds. The van der Waals surface area contributed by atoms with Gasteiger partial charge in [0.2, 0.25) is 5.96 Å². The van der Waals surface area contributed by atoms with Crippen LogP contribution in [-0.4, -0.2) is 35.0 Å². The summed E-state index contributed by atoms with van der Waals surface area (Å²) in [5.74, 6) is 2.01. The highest BCUT2D eigenvalue weighted by molar-refractivity contribution is 6.42. The van der Waals surface area contributed by atoms with E-state index >= 15 is 0 Å². The molecule has 1 aromatic heterocycles. The quantitative estimate of drug-likeness (QED) is 0.402. The normalized spacial score (nSPS) is 20.0. The van der Waals surface area contributed by atoms with Crippen LogP contribution in [0.25, 0.3) is 0 Å². The van der Waals surface area contributed by atoms with E-state index in [1.165, 1.54) is 0 Å². The van der Waals surface area contributed by atoms with Crippen molar-refractivity contribution in [3.63, 3.8) is 0 Å². The Balaban J connectivity index is 1.37. The molecule has 5 rings (SSSR count).